The Morgan fingerprint density at radius 1 is 1.26 bits per heavy atom. The molecule has 3 rings (SSSR count). The van der Waals surface area contributed by atoms with Crippen molar-refractivity contribution < 1.29 is 9.21 Å². The first-order chi connectivity index (χ1) is 11.2. The van der Waals surface area contributed by atoms with Crippen molar-refractivity contribution in [2.75, 3.05) is 5.32 Å². The predicted molar refractivity (Wildman–Crippen MR) is 88.2 cm³/mol. The number of hydrogen-bond donors (Lipinski definition) is 1. The molecule has 3 aromatic rings. The van der Waals surface area contributed by atoms with Gasteiger partial charge in [0, 0.05) is 23.8 Å². The summed E-state index contributed by atoms with van der Waals surface area (Å²) in [6, 6.07) is 9.61. The number of hydrogen-bond acceptors (Lipinski definition) is 6. The number of aryl methyl sites for hydroxylation is 2. The molecule has 7 heteroatoms. The first kappa shape index (κ1) is 15.4. The second-order valence-electron chi connectivity index (χ2n) is 5.06. The van der Waals surface area contributed by atoms with Gasteiger partial charge in [0.1, 0.15) is 0 Å². The van der Waals surface area contributed by atoms with Crippen LogP contribution >= 0.6 is 11.3 Å². The number of benzene rings is 1. The van der Waals surface area contributed by atoms with Crippen LogP contribution in [-0.4, -0.2) is 21.1 Å². The maximum absolute atomic E-state index is 11.8. The second kappa shape index (κ2) is 7.15. The molecule has 0 saturated carbocycles. The van der Waals surface area contributed by atoms with Crippen LogP contribution in [-0.2, 0) is 11.2 Å². The molecule has 0 unspecified atom stereocenters. The van der Waals surface area contributed by atoms with E-state index in [0.717, 1.165) is 11.3 Å². The average Bonchev–Trinajstić information content (AvgIpc) is 3.17. The first-order valence-corrected chi connectivity index (χ1v) is 8.18. The van der Waals surface area contributed by atoms with Gasteiger partial charge in [0.2, 0.25) is 17.7 Å². The van der Waals surface area contributed by atoms with Gasteiger partial charge in [0.25, 0.3) is 0 Å². The van der Waals surface area contributed by atoms with E-state index in [0.29, 0.717) is 36.2 Å². The Kier molecular flexibility index (Phi) is 4.77. The van der Waals surface area contributed by atoms with E-state index in [4.69, 9.17) is 4.42 Å². The number of aromatic nitrogens is 3. The molecule has 0 radical (unpaired) electrons. The third-order valence-electron chi connectivity index (χ3n) is 3.15. The van der Waals surface area contributed by atoms with Gasteiger partial charge >= 0.3 is 0 Å². The topological polar surface area (TPSA) is 80.9 Å². The minimum absolute atomic E-state index is 0.0536. The van der Waals surface area contributed by atoms with Gasteiger partial charge in [-0.25, -0.2) is 4.98 Å². The Hall–Kier alpha value is -2.54. The minimum Gasteiger partial charge on any atom is -0.421 e. The Morgan fingerprint density at radius 3 is 2.83 bits per heavy atom. The van der Waals surface area contributed by atoms with Crippen LogP contribution in [0.25, 0.3) is 11.5 Å². The van der Waals surface area contributed by atoms with Crippen molar-refractivity contribution >= 4 is 22.4 Å². The normalized spacial score (nSPS) is 10.7. The van der Waals surface area contributed by atoms with Crippen molar-refractivity contribution in [2.24, 2.45) is 0 Å². The fourth-order valence-corrected chi connectivity index (χ4v) is 2.75. The monoisotopic (exact) mass is 328 g/mol. The van der Waals surface area contributed by atoms with E-state index in [1.54, 1.807) is 0 Å². The summed E-state index contributed by atoms with van der Waals surface area (Å²) in [4.78, 5) is 16.0. The molecule has 0 bridgehead atoms. The summed E-state index contributed by atoms with van der Waals surface area (Å²) < 4.78 is 5.61. The molecule has 0 saturated heterocycles. The molecule has 0 aliphatic rings. The van der Waals surface area contributed by atoms with E-state index in [1.165, 1.54) is 11.3 Å². The highest BCUT2D eigenvalue weighted by molar-refractivity contribution is 7.13. The molecule has 2 aromatic heterocycles. The molecule has 118 valence electrons. The van der Waals surface area contributed by atoms with Crippen LogP contribution in [0.5, 0.6) is 0 Å². The highest BCUT2D eigenvalue weighted by atomic mass is 32.1. The van der Waals surface area contributed by atoms with E-state index in [2.05, 4.69) is 20.5 Å². The lowest BCUT2D eigenvalue weighted by molar-refractivity contribution is -0.116. The third kappa shape index (κ3) is 4.23. The van der Waals surface area contributed by atoms with Crippen LogP contribution in [0, 0.1) is 6.92 Å². The van der Waals surface area contributed by atoms with Gasteiger partial charge in [-0.3, -0.25) is 4.79 Å². The van der Waals surface area contributed by atoms with Crippen molar-refractivity contribution in [2.45, 2.75) is 26.2 Å². The molecule has 6 nitrogen and oxygen atoms in total. The second-order valence-corrected chi connectivity index (χ2v) is 5.92. The Balaban J connectivity index is 1.47. The lowest BCUT2D eigenvalue weighted by atomic mass is 10.2. The highest BCUT2D eigenvalue weighted by Crippen LogP contribution is 2.18. The molecule has 1 amide bonds. The van der Waals surface area contributed by atoms with Gasteiger partial charge in [-0.15, -0.1) is 21.5 Å². The standard InChI is InChI=1S/C16H16N4O2S/c1-11-10-23-16(17-11)18-13(21)8-5-9-14-19-20-15(22-14)12-6-3-2-4-7-12/h2-4,6-7,10H,5,8-9H2,1H3,(H,17,18,21). The van der Waals surface area contributed by atoms with Gasteiger partial charge in [0.15, 0.2) is 5.13 Å². The Labute approximate surface area is 137 Å². The van der Waals surface area contributed by atoms with Crippen LogP contribution in [0.3, 0.4) is 0 Å². The molecule has 23 heavy (non-hydrogen) atoms. The molecular weight excluding hydrogens is 312 g/mol. The van der Waals surface area contributed by atoms with Crippen LogP contribution < -0.4 is 5.32 Å². The van der Waals surface area contributed by atoms with Gasteiger partial charge < -0.3 is 9.73 Å². The summed E-state index contributed by atoms with van der Waals surface area (Å²) in [6.07, 6.45) is 1.61. The molecule has 2 heterocycles. The number of nitrogens with one attached hydrogen (secondary N) is 1. The van der Waals surface area contributed by atoms with Gasteiger partial charge in [-0.05, 0) is 25.5 Å². The molecule has 0 atom stereocenters. The number of anilines is 1. The number of carbonyl (C=O) groups excluding carboxylic acids is 1. The largest absolute Gasteiger partial charge is 0.421 e. The first-order valence-electron chi connectivity index (χ1n) is 7.30. The fraction of sp³-hybridized carbons (Fsp3) is 0.250. The van der Waals surface area contributed by atoms with Gasteiger partial charge in [0.05, 0.1) is 5.69 Å². The van der Waals surface area contributed by atoms with E-state index in [9.17, 15) is 4.79 Å². The van der Waals surface area contributed by atoms with E-state index in [-0.39, 0.29) is 5.91 Å². The molecule has 0 aliphatic heterocycles. The number of thiazole rings is 1. The maximum atomic E-state index is 11.8. The third-order valence-corrected chi connectivity index (χ3v) is 4.02. The molecule has 0 fully saturated rings. The summed E-state index contributed by atoms with van der Waals surface area (Å²) in [5.74, 6) is 0.993. The minimum atomic E-state index is -0.0536. The molecule has 0 aliphatic carbocycles. The number of amides is 1. The summed E-state index contributed by atoms with van der Waals surface area (Å²) in [6.45, 7) is 1.89. The van der Waals surface area contributed by atoms with Gasteiger partial charge in [-0.1, -0.05) is 18.2 Å². The zero-order chi connectivity index (χ0) is 16.1. The molecular formula is C16H16N4O2S. The Bertz CT molecular complexity index is 782. The highest BCUT2D eigenvalue weighted by Gasteiger charge is 2.10. The van der Waals surface area contributed by atoms with Crippen molar-refractivity contribution in [3.63, 3.8) is 0 Å². The van der Waals surface area contributed by atoms with Crippen molar-refractivity contribution in [3.05, 3.63) is 47.3 Å². The maximum Gasteiger partial charge on any atom is 0.247 e. The van der Waals surface area contributed by atoms with Crippen LogP contribution in [0.1, 0.15) is 24.4 Å². The lowest BCUT2D eigenvalue weighted by Crippen LogP contribution is -2.11. The van der Waals surface area contributed by atoms with E-state index >= 15 is 0 Å². The van der Waals surface area contributed by atoms with Crippen LogP contribution in [0.4, 0.5) is 5.13 Å². The number of nitrogens with zero attached hydrogens (tertiary/aromatic N) is 3. The van der Waals surface area contributed by atoms with Crippen molar-refractivity contribution in [1.82, 2.24) is 15.2 Å². The summed E-state index contributed by atoms with van der Waals surface area (Å²) in [5.41, 5.74) is 1.80. The quantitative estimate of drug-likeness (QED) is 0.749. The zero-order valence-electron chi connectivity index (χ0n) is 12.7. The predicted octanol–water partition coefficient (Wildman–Crippen LogP) is 3.46. The zero-order valence-corrected chi connectivity index (χ0v) is 13.5. The summed E-state index contributed by atoms with van der Waals surface area (Å²) in [7, 11) is 0. The smallest absolute Gasteiger partial charge is 0.247 e. The van der Waals surface area contributed by atoms with Crippen molar-refractivity contribution in [1.29, 1.82) is 0 Å². The van der Waals surface area contributed by atoms with Crippen molar-refractivity contribution in [3.8, 4) is 11.5 Å². The summed E-state index contributed by atoms with van der Waals surface area (Å²) >= 11 is 1.42. The molecule has 0 spiro atoms. The SMILES string of the molecule is Cc1csc(NC(=O)CCCc2nnc(-c3ccccc3)o2)n1. The Morgan fingerprint density at radius 2 is 2.09 bits per heavy atom. The number of carbonyl (C=O) groups is 1. The van der Waals surface area contributed by atoms with E-state index < -0.39 is 0 Å². The fourth-order valence-electron chi connectivity index (χ4n) is 2.05. The van der Waals surface area contributed by atoms with Crippen LogP contribution in [0.15, 0.2) is 40.1 Å². The average molecular weight is 328 g/mol. The van der Waals surface area contributed by atoms with Gasteiger partial charge in [-0.2, -0.15) is 0 Å². The molecule has 1 aromatic carbocycles. The number of rotatable bonds is 6. The van der Waals surface area contributed by atoms with E-state index in [1.807, 2.05) is 42.6 Å². The van der Waals surface area contributed by atoms with Crippen LogP contribution in [0.2, 0.25) is 0 Å². The summed E-state index contributed by atoms with van der Waals surface area (Å²) in [5, 5.41) is 13.4. The molecule has 1 N–H and O–H groups in total. The lowest BCUT2D eigenvalue weighted by Gasteiger charge is -2.00.